The van der Waals surface area contributed by atoms with E-state index in [0.29, 0.717) is 5.69 Å². The molecule has 18 heavy (non-hydrogen) atoms. The van der Waals surface area contributed by atoms with Crippen LogP contribution in [0.1, 0.15) is 0 Å². The van der Waals surface area contributed by atoms with Crippen molar-refractivity contribution in [2.45, 2.75) is 4.21 Å². The van der Waals surface area contributed by atoms with Gasteiger partial charge in [0.05, 0.1) is 10.7 Å². The minimum atomic E-state index is -3.61. The summed E-state index contributed by atoms with van der Waals surface area (Å²) in [5, 5.41) is 1.57. The van der Waals surface area contributed by atoms with Crippen molar-refractivity contribution in [1.82, 2.24) is 0 Å². The zero-order valence-corrected chi connectivity index (χ0v) is 11.7. The van der Waals surface area contributed by atoms with E-state index in [1.807, 2.05) is 0 Å². The molecule has 0 N–H and O–H groups in total. The number of sulfonamides is 1. The SMILES string of the molecule is CN(c1ccc(F)c(Cl)c1)S(=O)(=O)c1cccs1. The first-order chi connectivity index (χ1) is 8.43. The molecule has 96 valence electrons. The largest absolute Gasteiger partial charge is 0.273 e. The summed E-state index contributed by atoms with van der Waals surface area (Å²) in [7, 11) is -2.21. The van der Waals surface area contributed by atoms with Gasteiger partial charge in [0.1, 0.15) is 10.0 Å². The van der Waals surface area contributed by atoms with Crippen LogP contribution in [0, 0.1) is 5.82 Å². The number of hydrogen-bond donors (Lipinski definition) is 0. The second-order valence-electron chi connectivity index (χ2n) is 3.50. The molecule has 0 spiro atoms. The first-order valence-corrected chi connectivity index (χ1v) is 7.60. The normalized spacial score (nSPS) is 11.5. The Morgan fingerprint density at radius 1 is 1.33 bits per heavy atom. The van der Waals surface area contributed by atoms with E-state index in [1.165, 1.54) is 25.2 Å². The van der Waals surface area contributed by atoms with Gasteiger partial charge in [-0.15, -0.1) is 11.3 Å². The third-order valence-corrected chi connectivity index (χ3v) is 5.82. The molecule has 0 radical (unpaired) electrons. The quantitative estimate of drug-likeness (QED) is 0.872. The van der Waals surface area contributed by atoms with Crippen LogP contribution in [-0.4, -0.2) is 15.5 Å². The molecule has 1 aromatic heterocycles. The van der Waals surface area contributed by atoms with Crippen LogP contribution in [0.4, 0.5) is 10.1 Å². The van der Waals surface area contributed by atoms with Crippen molar-refractivity contribution in [3.05, 3.63) is 46.6 Å². The highest BCUT2D eigenvalue weighted by Crippen LogP contribution is 2.27. The van der Waals surface area contributed by atoms with Gasteiger partial charge < -0.3 is 0 Å². The molecule has 3 nitrogen and oxygen atoms in total. The highest BCUT2D eigenvalue weighted by Gasteiger charge is 2.22. The zero-order valence-electron chi connectivity index (χ0n) is 9.30. The number of benzene rings is 1. The molecule has 0 amide bonds. The molecule has 1 heterocycles. The van der Waals surface area contributed by atoms with Crippen LogP contribution in [0.2, 0.25) is 5.02 Å². The van der Waals surface area contributed by atoms with Gasteiger partial charge >= 0.3 is 0 Å². The molecule has 7 heteroatoms. The second kappa shape index (κ2) is 4.87. The molecule has 0 aliphatic heterocycles. The monoisotopic (exact) mass is 305 g/mol. The lowest BCUT2D eigenvalue weighted by Gasteiger charge is -2.18. The number of rotatable bonds is 3. The van der Waals surface area contributed by atoms with Gasteiger partial charge in [0.25, 0.3) is 10.0 Å². The van der Waals surface area contributed by atoms with Gasteiger partial charge in [-0.05, 0) is 29.6 Å². The summed E-state index contributed by atoms with van der Waals surface area (Å²) in [6.45, 7) is 0. The molecule has 0 aliphatic rings. The van der Waals surface area contributed by atoms with Crippen LogP contribution in [0.25, 0.3) is 0 Å². The molecule has 0 saturated heterocycles. The molecule has 0 aliphatic carbocycles. The number of thiophene rings is 1. The van der Waals surface area contributed by atoms with Gasteiger partial charge in [-0.25, -0.2) is 12.8 Å². The van der Waals surface area contributed by atoms with Crippen molar-refractivity contribution in [2.75, 3.05) is 11.4 Å². The van der Waals surface area contributed by atoms with E-state index in [9.17, 15) is 12.8 Å². The molecule has 2 rings (SSSR count). The maximum atomic E-state index is 13.0. The summed E-state index contributed by atoms with van der Waals surface area (Å²) in [5.74, 6) is -0.581. The first kappa shape index (κ1) is 13.3. The Hall–Kier alpha value is -1.11. The van der Waals surface area contributed by atoms with E-state index >= 15 is 0 Å². The summed E-state index contributed by atoms with van der Waals surface area (Å²) in [5.41, 5.74) is 0.315. The van der Waals surface area contributed by atoms with E-state index in [0.717, 1.165) is 21.7 Å². The van der Waals surface area contributed by atoms with Crippen molar-refractivity contribution in [3.63, 3.8) is 0 Å². The lowest BCUT2D eigenvalue weighted by molar-refractivity contribution is 0.596. The van der Waals surface area contributed by atoms with Gasteiger partial charge in [-0.2, -0.15) is 0 Å². The Balaban J connectivity index is 2.43. The zero-order chi connectivity index (χ0) is 13.3. The maximum Gasteiger partial charge on any atom is 0.273 e. The van der Waals surface area contributed by atoms with E-state index in [-0.39, 0.29) is 9.23 Å². The Labute approximate surface area is 113 Å². The summed E-state index contributed by atoms with van der Waals surface area (Å²) < 4.78 is 38.7. The number of halogens is 2. The molecule has 0 fully saturated rings. The number of nitrogens with zero attached hydrogens (tertiary/aromatic N) is 1. The lowest BCUT2D eigenvalue weighted by atomic mass is 10.3. The van der Waals surface area contributed by atoms with Gasteiger partial charge in [-0.1, -0.05) is 17.7 Å². The van der Waals surface area contributed by atoms with Crippen LogP contribution < -0.4 is 4.31 Å². The molecule has 0 atom stereocenters. The fraction of sp³-hybridized carbons (Fsp3) is 0.0909. The van der Waals surface area contributed by atoms with Crippen LogP contribution in [0.3, 0.4) is 0 Å². The van der Waals surface area contributed by atoms with E-state index in [4.69, 9.17) is 11.6 Å². The summed E-state index contributed by atoms with van der Waals surface area (Å²) in [6.07, 6.45) is 0. The minimum absolute atomic E-state index is 0.110. The van der Waals surface area contributed by atoms with Crippen molar-refractivity contribution in [3.8, 4) is 0 Å². The van der Waals surface area contributed by atoms with Crippen molar-refractivity contribution in [2.24, 2.45) is 0 Å². The average molecular weight is 306 g/mol. The van der Waals surface area contributed by atoms with Crippen molar-refractivity contribution >= 4 is 38.6 Å². The van der Waals surface area contributed by atoms with E-state index in [2.05, 4.69) is 0 Å². The van der Waals surface area contributed by atoms with Crippen LogP contribution in [0.5, 0.6) is 0 Å². The highest BCUT2D eigenvalue weighted by atomic mass is 35.5. The lowest BCUT2D eigenvalue weighted by Crippen LogP contribution is -2.25. The summed E-state index contributed by atoms with van der Waals surface area (Å²) in [6, 6.07) is 6.96. The topological polar surface area (TPSA) is 37.4 Å². The van der Waals surface area contributed by atoms with Crippen LogP contribution in [-0.2, 0) is 10.0 Å². The molecule has 0 bridgehead atoms. The van der Waals surface area contributed by atoms with Crippen LogP contribution >= 0.6 is 22.9 Å². The minimum Gasteiger partial charge on any atom is -0.269 e. The van der Waals surface area contributed by atoms with Gasteiger partial charge in [0.2, 0.25) is 0 Å². The first-order valence-electron chi connectivity index (χ1n) is 4.90. The molecule has 0 saturated carbocycles. The molecular formula is C11H9ClFNO2S2. The van der Waals surface area contributed by atoms with E-state index in [1.54, 1.807) is 11.4 Å². The Kier molecular flexibility index (Phi) is 3.61. The number of hydrogen-bond acceptors (Lipinski definition) is 3. The van der Waals surface area contributed by atoms with Crippen LogP contribution in [0.15, 0.2) is 39.9 Å². The second-order valence-corrected chi connectivity index (χ2v) is 7.05. The standard InChI is InChI=1S/C11H9ClFNO2S2/c1-14(8-4-5-10(13)9(12)7-8)18(15,16)11-3-2-6-17-11/h2-7H,1H3. The third kappa shape index (κ3) is 2.36. The molecule has 0 unspecified atom stereocenters. The Morgan fingerprint density at radius 3 is 2.61 bits per heavy atom. The van der Waals surface area contributed by atoms with Gasteiger partial charge in [0.15, 0.2) is 0 Å². The molecular weight excluding hydrogens is 297 g/mol. The fourth-order valence-corrected chi connectivity index (χ4v) is 3.89. The van der Waals surface area contributed by atoms with E-state index < -0.39 is 15.8 Å². The predicted octanol–water partition coefficient (Wildman–Crippen LogP) is 3.37. The highest BCUT2D eigenvalue weighted by molar-refractivity contribution is 7.94. The molecule has 2 aromatic rings. The maximum absolute atomic E-state index is 13.0. The molecule has 1 aromatic carbocycles. The Bertz CT molecular complexity index is 656. The summed E-state index contributed by atoms with van der Waals surface area (Å²) >= 11 is 6.76. The van der Waals surface area contributed by atoms with Crippen molar-refractivity contribution < 1.29 is 12.8 Å². The van der Waals surface area contributed by atoms with Gasteiger partial charge in [0, 0.05) is 7.05 Å². The van der Waals surface area contributed by atoms with Crippen molar-refractivity contribution in [1.29, 1.82) is 0 Å². The number of anilines is 1. The smallest absolute Gasteiger partial charge is 0.269 e. The predicted molar refractivity (Wildman–Crippen MR) is 71.3 cm³/mol. The average Bonchev–Trinajstić information content (AvgIpc) is 2.86. The Morgan fingerprint density at radius 2 is 2.06 bits per heavy atom. The fourth-order valence-electron chi connectivity index (χ4n) is 1.36. The summed E-state index contributed by atoms with van der Waals surface area (Å²) in [4.78, 5) is 0. The third-order valence-electron chi connectivity index (χ3n) is 2.38. The van der Waals surface area contributed by atoms with Gasteiger partial charge in [-0.3, -0.25) is 4.31 Å².